The van der Waals surface area contributed by atoms with Crippen LogP contribution in [-0.4, -0.2) is 41.6 Å². The van der Waals surface area contributed by atoms with E-state index >= 15 is 0 Å². The summed E-state index contributed by atoms with van der Waals surface area (Å²) in [5.41, 5.74) is 3.41. The largest absolute Gasteiger partial charge is 0.352 e. The van der Waals surface area contributed by atoms with Crippen molar-refractivity contribution in [2.45, 2.75) is 46.1 Å². The summed E-state index contributed by atoms with van der Waals surface area (Å²) >= 11 is 1.55. The average molecular weight is 504 g/mol. The fraction of sp³-hybridized carbons (Fsp3) is 0.429. The van der Waals surface area contributed by atoms with Crippen LogP contribution in [0.1, 0.15) is 65.3 Å². The van der Waals surface area contributed by atoms with E-state index in [1.54, 1.807) is 17.4 Å². The number of aromatic nitrogens is 2. The molecule has 1 saturated carbocycles. The Morgan fingerprint density at radius 3 is 2.53 bits per heavy atom. The minimum atomic E-state index is -0.149. The van der Waals surface area contributed by atoms with E-state index in [-0.39, 0.29) is 17.2 Å². The van der Waals surface area contributed by atoms with Gasteiger partial charge in [0.25, 0.3) is 11.8 Å². The van der Waals surface area contributed by atoms with E-state index in [4.69, 9.17) is 0 Å². The first kappa shape index (κ1) is 24.4. The van der Waals surface area contributed by atoms with Gasteiger partial charge in [0.15, 0.2) is 0 Å². The van der Waals surface area contributed by atoms with E-state index in [1.807, 2.05) is 42.5 Å². The Labute approximate surface area is 216 Å². The van der Waals surface area contributed by atoms with Gasteiger partial charge in [0, 0.05) is 30.8 Å². The molecule has 0 radical (unpaired) electrons. The molecule has 0 atom stereocenters. The van der Waals surface area contributed by atoms with E-state index in [9.17, 15) is 9.59 Å². The van der Waals surface area contributed by atoms with E-state index in [2.05, 4.69) is 39.6 Å². The predicted octanol–water partition coefficient (Wildman–Crippen LogP) is 4.90. The minimum absolute atomic E-state index is 0.0367. The lowest BCUT2D eigenvalue weighted by molar-refractivity contribution is 0.0943. The molecule has 1 saturated heterocycles. The molecule has 1 aliphatic carbocycles. The molecule has 188 valence electrons. The average Bonchev–Trinajstić information content (AvgIpc) is 3.60. The zero-order valence-corrected chi connectivity index (χ0v) is 21.7. The van der Waals surface area contributed by atoms with E-state index < -0.39 is 0 Å². The van der Waals surface area contributed by atoms with Crippen molar-refractivity contribution in [1.29, 1.82) is 0 Å². The highest BCUT2D eigenvalue weighted by Crippen LogP contribution is 2.33. The molecule has 1 aromatic heterocycles. The molecular formula is C28H33N5O2S. The molecule has 2 aliphatic rings. The van der Waals surface area contributed by atoms with Crippen LogP contribution in [0.4, 0.5) is 5.13 Å². The SMILES string of the molecule is CC1(C)CCCN(c2nnc(CNC(=O)c3cccc(-c4ccc(C(=O)NCC5CC5)cc4)c3)s2)C1. The van der Waals surface area contributed by atoms with Gasteiger partial charge in [0.1, 0.15) is 5.01 Å². The molecule has 0 unspecified atom stereocenters. The summed E-state index contributed by atoms with van der Waals surface area (Å²) in [7, 11) is 0. The highest BCUT2D eigenvalue weighted by molar-refractivity contribution is 7.15. The number of rotatable bonds is 8. The summed E-state index contributed by atoms with van der Waals surface area (Å²) in [6.07, 6.45) is 4.81. The molecule has 2 aromatic carbocycles. The molecule has 8 heteroatoms. The van der Waals surface area contributed by atoms with E-state index in [1.165, 1.54) is 19.3 Å². The van der Waals surface area contributed by atoms with Gasteiger partial charge in [-0.2, -0.15) is 0 Å². The molecule has 2 N–H and O–H groups in total. The molecule has 5 rings (SSSR count). The van der Waals surface area contributed by atoms with Crippen LogP contribution in [0.25, 0.3) is 11.1 Å². The van der Waals surface area contributed by atoms with Crippen LogP contribution in [0.2, 0.25) is 0 Å². The highest BCUT2D eigenvalue weighted by Gasteiger charge is 2.28. The summed E-state index contributed by atoms with van der Waals surface area (Å²) in [5, 5.41) is 16.4. The number of piperidine rings is 1. The fourth-order valence-corrected chi connectivity index (χ4v) is 5.41. The lowest BCUT2D eigenvalue weighted by Gasteiger charge is -2.37. The number of carbonyl (C=O) groups is 2. The van der Waals surface area contributed by atoms with E-state index in [0.717, 1.165) is 47.3 Å². The van der Waals surface area contributed by atoms with Crippen molar-refractivity contribution in [2.24, 2.45) is 11.3 Å². The molecule has 0 spiro atoms. The molecule has 2 fully saturated rings. The monoisotopic (exact) mass is 503 g/mol. The molecule has 0 bridgehead atoms. The number of nitrogens with one attached hydrogen (secondary N) is 2. The van der Waals surface area contributed by atoms with Gasteiger partial charge >= 0.3 is 0 Å². The van der Waals surface area contributed by atoms with Crippen molar-refractivity contribution in [3.8, 4) is 11.1 Å². The maximum atomic E-state index is 12.9. The Balaban J connectivity index is 1.18. The summed E-state index contributed by atoms with van der Waals surface area (Å²) < 4.78 is 0. The highest BCUT2D eigenvalue weighted by atomic mass is 32.1. The zero-order valence-electron chi connectivity index (χ0n) is 20.9. The second-order valence-electron chi connectivity index (χ2n) is 10.7. The van der Waals surface area contributed by atoms with Crippen LogP contribution in [0.5, 0.6) is 0 Å². The Morgan fingerprint density at radius 2 is 1.78 bits per heavy atom. The van der Waals surface area contributed by atoms with Gasteiger partial charge in [-0.25, -0.2) is 0 Å². The zero-order chi connectivity index (χ0) is 25.1. The smallest absolute Gasteiger partial charge is 0.251 e. The van der Waals surface area contributed by atoms with Crippen LogP contribution in [0.15, 0.2) is 48.5 Å². The molecule has 7 nitrogen and oxygen atoms in total. The Morgan fingerprint density at radius 1 is 1.00 bits per heavy atom. The van der Waals surface area contributed by atoms with Crippen LogP contribution in [0.3, 0.4) is 0 Å². The van der Waals surface area contributed by atoms with Crippen LogP contribution in [0, 0.1) is 11.3 Å². The molecule has 36 heavy (non-hydrogen) atoms. The molecule has 3 aromatic rings. The normalized spacial score (nSPS) is 17.0. The van der Waals surface area contributed by atoms with E-state index in [0.29, 0.717) is 23.6 Å². The topological polar surface area (TPSA) is 87.2 Å². The van der Waals surface area contributed by atoms with Gasteiger partial charge in [-0.1, -0.05) is 49.4 Å². The Kier molecular flexibility index (Phi) is 7.05. The Bertz CT molecular complexity index is 1230. The number of anilines is 1. The number of nitrogens with zero attached hydrogens (tertiary/aromatic N) is 3. The number of hydrogen-bond acceptors (Lipinski definition) is 6. The second-order valence-corrected chi connectivity index (χ2v) is 11.7. The first-order valence-corrected chi connectivity index (χ1v) is 13.5. The quantitative estimate of drug-likeness (QED) is 0.457. The predicted molar refractivity (Wildman–Crippen MR) is 143 cm³/mol. The van der Waals surface area contributed by atoms with Crippen LogP contribution < -0.4 is 15.5 Å². The summed E-state index contributed by atoms with van der Waals surface area (Å²) in [4.78, 5) is 27.5. The molecule has 1 aliphatic heterocycles. The standard InChI is InChI=1S/C28H33N5O2S/c1-28(2)13-4-14-33(18-28)27-32-31-24(36-27)17-30-26(35)23-6-3-5-22(15-23)20-9-11-21(12-10-20)25(34)29-16-19-7-8-19/h3,5-6,9-12,15,19H,4,7-8,13-14,16-18H2,1-2H3,(H,29,34)(H,30,35). The maximum absolute atomic E-state index is 12.9. The third kappa shape index (κ3) is 6.10. The van der Waals surface area contributed by atoms with Crippen molar-refractivity contribution in [3.05, 3.63) is 64.7 Å². The fourth-order valence-electron chi connectivity index (χ4n) is 4.60. The molecule has 2 heterocycles. The third-order valence-corrected chi connectivity index (χ3v) is 7.86. The minimum Gasteiger partial charge on any atom is -0.352 e. The lowest BCUT2D eigenvalue weighted by atomic mass is 9.84. The first-order chi connectivity index (χ1) is 17.4. The lowest BCUT2D eigenvalue weighted by Crippen LogP contribution is -2.40. The van der Waals surface area contributed by atoms with Crippen LogP contribution in [-0.2, 0) is 6.54 Å². The van der Waals surface area contributed by atoms with Crippen molar-refractivity contribution >= 4 is 28.3 Å². The number of benzene rings is 2. The van der Waals surface area contributed by atoms with Crippen molar-refractivity contribution < 1.29 is 9.59 Å². The number of amides is 2. The van der Waals surface area contributed by atoms with Crippen molar-refractivity contribution in [1.82, 2.24) is 20.8 Å². The molecular weight excluding hydrogens is 470 g/mol. The van der Waals surface area contributed by atoms with Gasteiger partial charge in [-0.05, 0) is 72.4 Å². The molecule has 2 amide bonds. The first-order valence-electron chi connectivity index (χ1n) is 12.7. The third-order valence-electron chi connectivity index (χ3n) is 6.88. The van der Waals surface area contributed by atoms with Crippen LogP contribution >= 0.6 is 11.3 Å². The van der Waals surface area contributed by atoms with Gasteiger partial charge in [-0.3, -0.25) is 9.59 Å². The van der Waals surface area contributed by atoms with Crippen molar-refractivity contribution in [2.75, 3.05) is 24.5 Å². The van der Waals surface area contributed by atoms with Gasteiger partial charge in [-0.15, -0.1) is 10.2 Å². The van der Waals surface area contributed by atoms with Gasteiger partial charge in [0.2, 0.25) is 5.13 Å². The Hall–Kier alpha value is -3.26. The second kappa shape index (κ2) is 10.4. The summed E-state index contributed by atoms with van der Waals surface area (Å²) in [6, 6.07) is 15.0. The summed E-state index contributed by atoms with van der Waals surface area (Å²) in [5.74, 6) is 0.465. The van der Waals surface area contributed by atoms with Crippen molar-refractivity contribution in [3.63, 3.8) is 0 Å². The van der Waals surface area contributed by atoms with Gasteiger partial charge in [0.05, 0.1) is 6.54 Å². The summed E-state index contributed by atoms with van der Waals surface area (Å²) in [6.45, 7) is 7.67. The number of hydrogen-bond donors (Lipinski definition) is 2. The maximum Gasteiger partial charge on any atom is 0.251 e. The van der Waals surface area contributed by atoms with Gasteiger partial charge < -0.3 is 15.5 Å². The number of carbonyl (C=O) groups excluding carboxylic acids is 2.